The van der Waals surface area contributed by atoms with Crippen molar-refractivity contribution in [2.24, 2.45) is 0 Å². The van der Waals surface area contributed by atoms with E-state index in [1.54, 1.807) is 0 Å². The van der Waals surface area contributed by atoms with Crippen molar-refractivity contribution in [2.45, 2.75) is 111 Å². The molecule has 9 aromatic carbocycles. The monoisotopic (exact) mass is 1070 g/mol. The second-order valence-electron chi connectivity index (χ2n) is 26.2. The molecule has 10 aromatic rings. The molecule has 3 nitrogen and oxygen atoms in total. The highest BCUT2D eigenvalue weighted by Gasteiger charge is 2.44. The van der Waals surface area contributed by atoms with E-state index in [0.29, 0.717) is 5.69 Å². The molecule has 0 N–H and O–H groups in total. The molecule has 402 valence electrons. The first-order valence-corrected chi connectivity index (χ1v) is 27.6. The van der Waals surface area contributed by atoms with Crippen LogP contribution >= 0.6 is 0 Å². The van der Waals surface area contributed by atoms with Gasteiger partial charge >= 0.3 is 6.18 Å². The van der Waals surface area contributed by atoms with Crippen LogP contribution in [0.15, 0.2) is 176 Å². The first kappa shape index (κ1) is 52.8. The molecule has 0 bridgehead atoms. The first-order valence-electron chi connectivity index (χ1n) is 27.6. The Morgan fingerprint density at radius 3 is 1.30 bits per heavy atom. The van der Waals surface area contributed by atoms with Gasteiger partial charge in [0.1, 0.15) is 11.6 Å². The normalized spacial score (nSPS) is 13.7. The summed E-state index contributed by atoms with van der Waals surface area (Å²) >= 11 is 0. The van der Waals surface area contributed by atoms with Crippen LogP contribution in [-0.4, -0.2) is 11.3 Å². The number of para-hydroxylation sites is 3. The van der Waals surface area contributed by atoms with Crippen LogP contribution in [0, 0.1) is 11.6 Å². The maximum Gasteiger partial charge on any atom is 0.416 e. The van der Waals surface area contributed by atoms with E-state index in [1.807, 2.05) is 34.9 Å². The molecule has 0 spiro atoms. The maximum absolute atomic E-state index is 15.0. The lowest BCUT2D eigenvalue weighted by atomic mass is 9.33. The molecular weight excluding hydrogens is 1000 g/mol. The number of aromatic nitrogens is 1. The number of benzene rings is 9. The van der Waals surface area contributed by atoms with Gasteiger partial charge in [0.2, 0.25) is 0 Å². The molecule has 1 aromatic heterocycles. The topological polar surface area (TPSA) is 11.4 Å². The molecule has 0 saturated carbocycles. The van der Waals surface area contributed by atoms with Gasteiger partial charge in [-0.25, -0.2) is 8.78 Å². The summed E-state index contributed by atoms with van der Waals surface area (Å²) in [6.45, 7) is 27.2. The lowest BCUT2D eigenvalue weighted by molar-refractivity contribution is -0.137. The number of nitrogens with zero attached hydrogens (tertiary/aromatic N) is 3. The predicted molar refractivity (Wildman–Crippen MR) is 325 cm³/mol. The van der Waals surface area contributed by atoms with E-state index >= 15 is 0 Å². The zero-order valence-corrected chi connectivity index (χ0v) is 47.6. The Bertz CT molecular complexity index is 3920. The van der Waals surface area contributed by atoms with Gasteiger partial charge in [-0.05, 0) is 174 Å². The summed E-state index contributed by atoms with van der Waals surface area (Å²) in [7, 11) is 0. The highest BCUT2D eigenvalue weighted by Crippen LogP contribution is 2.50. The molecule has 0 unspecified atom stereocenters. The van der Waals surface area contributed by atoms with Gasteiger partial charge in [0.05, 0.1) is 22.3 Å². The van der Waals surface area contributed by atoms with E-state index in [2.05, 4.69) is 202 Å². The van der Waals surface area contributed by atoms with Crippen molar-refractivity contribution in [2.75, 3.05) is 9.80 Å². The van der Waals surface area contributed by atoms with Crippen molar-refractivity contribution in [1.29, 1.82) is 0 Å². The molecule has 80 heavy (non-hydrogen) atoms. The summed E-state index contributed by atoms with van der Waals surface area (Å²) in [4.78, 5) is 4.98. The number of fused-ring (bicyclic) bond motifs is 7. The third-order valence-electron chi connectivity index (χ3n) is 16.4. The fourth-order valence-corrected chi connectivity index (χ4v) is 12.1. The van der Waals surface area contributed by atoms with E-state index in [-0.39, 0.29) is 39.5 Å². The molecule has 0 radical (unpaired) electrons. The van der Waals surface area contributed by atoms with Crippen molar-refractivity contribution in [3.63, 3.8) is 0 Å². The highest BCUT2D eigenvalue weighted by atomic mass is 19.4. The summed E-state index contributed by atoms with van der Waals surface area (Å²) in [5.41, 5.74) is 17.3. The summed E-state index contributed by atoms with van der Waals surface area (Å²) < 4.78 is 75.4. The molecule has 12 rings (SSSR count). The molecule has 0 amide bonds. The zero-order chi connectivity index (χ0) is 56.7. The standard InChI is InChI=1S/C71H65BF5N3/c1-67(2,3)46-34-47(68(4,5)6)37-52(36-46)78-62-23-17-14-20-57(62)72-58-21-15-18-24-63(58)79(53-38-48(69(7,8)9)35-49(39-53)70(10,11)12)65-33-43(32-64(78)66(65)72)42-25-27-61-56(31-42)54-19-13-16-22-59(54)80(61)60-28-26-45(71(75,76)77)40-55(60)44-29-50(73)41-51(74)30-44/h13-41H,1-12H3. The van der Waals surface area contributed by atoms with Gasteiger partial charge in [-0.15, -0.1) is 0 Å². The molecule has 0 aliphatic carbocycles. The number of rotatable bonds is 5. The number of alkyl halides is 3. The fourth-order valence-electron chi connectivity index (χ4n) is 12.1. The highest BCUT2D eigenvalue weighted by molar-refractivity contribution is 7.00. The van der Waals surface area contributed by atoms with Crippen LogP contribution in [-0.2, 0) is 27.8 Å². The van der Waals surface area contributed by atoms with Crippen molar-refractivity contribution in [1.82, 2.24) is 4.57 Å². The van der Waals surface area contributed by atoms with Crippen LogP contribution in [0.4, 0.5) is 56.1 Å². The van der Waals surface area contributed by atoms with E-state index in [9.17, 15) is 22.0 Å². The average molecular weight is 1070 g/mol. The van der Waals surface area contributed by atoms with E-state index in [1.165, 1.54) is 44.7 Å². The van der Waals surface area contributed by atoms with Gasteiger partial charge in [-0.1, -0.05) is 156 Å². The van der Waals surface area contributed by atoms with Crippen molar-refractivity contribution >= 4 is 79.0 Å². The third-order valence-corrected chi connectivity index (χ3v) is 16.4. The molecule has 0 fully saturated rings. The lowest BCUT2D eigenvalue weighted by Crippen LogP contribution is -2.61. The van der Waals surface area contributed by atoms with Gasteiger partial charge in [0.15, 0.2) is 0 Å². The second-order valence-corrected chi connectivity index (χ2v) is 26.2. The Hall–Kier alpha value is -7.91. The van der Waals surface area contributed by atoms with Crippen molar-refractivity contribution in [3.8, 4) is 27.9 Å². The SMILES string of the molecule is CC(C)(C)c1cc(N2c3ccccc3B3c4ccccc4N(c4cc(C(C)(C)C)cc(C(C)(C)C)c4)c4cc(-c5ccc6c(c5)c5ccccc5n6-c5ccc(C(F)(F)F)cc5-c5cc(F)cc(F)c5)cc2c43)cc(C(C)(C)C)c1. The summed E-state index contributed by atoms with van der Waals surface area (Å²) in [5, 5.41) is 1.73. The number of halogens is 5. The van der Waals surface area contributed by atoms with Crippen LogP contribution < -0.4 is 26.2 Å². The Labute approximate surface area is 467 Å². The smallest absolute Gasteiger partial charge is 0.311 e. The maximum atomic E-state index is 15.0. The summed E-state index contributed by atoms with van der Waals surface area (Å²) in [6.07, 6.45) is -4.70. The minimum atomic E-state index is -4.70. The Morgan fingerprint density at radius 2 is 0.812 bits per heavy atom. The van der Waals surface area contributed by atoms with Gasteiger partial charge in [-0.2, -0.15) is 13.2 Å². The molecular formula is C71H65BF5N3. The van der Waals surface area contributed by atoms with Crippen LogP contribution in [0.3, 0.4) is 0 Å². The van der Waals surface area contributed by atoms with Gasteiger partial charge in [0, 0.05) is 56.5 Å². The molecule has 2 aliphatic rings. The zero-order valence-electron chi connectivity index (χ0n) is 47.6. The second kappa shape index (κ2) is 18.3. The van der Waals surface area contributed by atoms with E-state index in [4.69, 9.17) is 0 Å². The summed E-state index contributed by atoms with van der Waals surface area (Å²) in [5.74, 6) is -1.77. The largest absolute Gasteiger partial charge is 0.416 e. The van der Waals surface area contributed by atoms with Crippen LogP contribution in [0.1, 0.15) is 111 Å². The predicted octanol–water partition coefficient (Wildman–Crippen LogP) is 18.7. The number of hydrogen-bond acceptors (Lipinski definition) is 2. The Morgan fingerprint density at radius 1 is 0.350 bits per heavy atom. The van der Waals surface area contributed by atoms with Gasteiger partial charge in [0.25, 0.3) is 6.71 Å². The van der Waals surface area contributed by atoms with Gasteiger partial charge in [-0.3, -0.25) is 0 Å². The minimum Gasteiger partial charge on any atom is -0.311 e. The summed E-state index contributed by atoms with van der Waals surface area (Å²) in [6, 6.07) is 57.1. The van der Waals surface area contributed by atoms with Crippen molar-refractivity contribution in [3.05, 3.63) is 215 Å². The average Bonchev–Trinajstić information content (AvgIpc) is 3.75. The number of hydrogen-bond donors (Lipinski definition) is 0. The number of anilines is 6. The van der Waals surface area contributed by atoms with Gasteiger partial charge < -0.3 is 14.4 Å². The Kier molecular flexibility index (Phi) is 12.1. The van der Waals surface area contributed by atoms with Crippen molar-refractivity contribution < 1.29 is 22.0 Å². The molecule has 2 aliphatic heterocycles. The minimum absolute atomic E-state index is 0.00458. The van der Waals surface area contributed by atoms with Crippen LogP contribution in [0.25, 0.3) is 49.7 Å². The molecule has 3 heterocycles. The van der Waals surface area contributed by atoms with Crippen LogP contribution in [0.2, 0.25) is 0 Å². The molecule has 0 atom stereocenters. The van der Waals surface area contributed by atoms with Crippen LogP contribution in [0.5, 0.6) is 0 Å². The fraction of sp³-hybridized carbons (Fsp3) is 0.239. The quantitative estimate of drug-likeness (QED) is 0.126. The molecule has 9 heteroatoms. The first-order chi connectivity index (χ1) is 37.6. The Balaban J connectivity index is 1.17. The lowest BCUT2D eigenvalue weighted by Gasteiger charge is -2.45. The third kappa shape index (κ3) is 8.98. The van der Waals surface area contributed by atoms with E-state index in [0.717, 1.165) is 97.4 Å². The molecule has 0 saturated heterocycles. The van der Waals surface area contributed by atoms with E-state index < -0.39 is 23.4 Å².